The average molecular weight is 404 g/mol. The molecule has 3 rings (SSSR count). The van der Waals surface area contributed by atoms with E-state index in [0.717, 1.165) is 49.3 Å². The molecule has 1 aromatic heterocycles. The van der Waals surface area contributed by atoms with Gasteiger partial charge in [0.15, 0.2) is 0 Å². The van der Waals surface area contributed by atoms with E-state index in [9.17, 15) is 0 Å². The van der Waals surface area contributed by atoms with E-state index < -0.39 is 0 Å². The van der Waals surface area contributed by atoms with Gasteiger partial charge in [-0.25, -0.2) is 9.97 Å². The van der Waals surface area contributed by atoms with E-state index in [1.165, 1.54) is 5.57 Å². The van der Waals surface area contributed by atoms with E-state index in [4.69, 9.17) is 0 Å². The quantitative estimate of drug-likeness (QED) is 0.716. The van der Waals surface area contributed by atoms with Crippen molar-refractivity contribution in [2.24, 2.45) is 10.9 Å². The van der Waals surface area contributed by atoms with Crippen LogP contribution in [0.25, 0.3) is 0 Å². The highest BCUT2D eigenvalue weighted by molar-refractivity contribution is 8.12. The van der Waals surface area contributed by atoms with Gasteiger partial charge in [-0.3, -0.25) is 9.89 Å². The summed E-state index contributed by atoms with van der Waals surface area (Å²) in [7, 11) is 0. The highest BCUT2D eigenvalue weighted by Crippen LogP contribution is 2.20. The third-order valence-corrected chi connectivity index (χ3v) is 6.73. The summed E-state index contributed by atoms with van der Waals surface area (Å²) < 4.78 is 0. The van der Waals surface area contributed by atoms with Gasteiger partial charge in [-0.05, 0) is 24.7 Å². The average Bonchev–Trinajstić information content (AvgIpc) is 2.72. The third kappa shape index (κ3) is 5.83. The second-order valence-electron chi connectivity index (χ2n) is 6.97. The topological polar surface area (TPSA) is 44.6 Å². The van der Waals surface area contributed by atoms with E-state index >= 15 is 0 Å². The van der Waals surface area contributed by atoms with Crippen LogP contribution in [0.1, 0.15) is 13.8 Å². The molecule has 2 aliphatic heterocycles. The number of allylic oxidation sites excluding steroid dienone is 1. The zero-order valence-corrected chi connectivity index (χ0v) is 18.0. The Balaban J connectivity index is 1.61. The number of aromatic nitrogens is 2. The summed E-state index contributed by atoms with van der Waals surface area (Å²) in [6.45, 7) is 9.31. The molecule has 2 atom stereocenters. The Morgan fingerprint density at radius 2 is 1.93 bits per heavy atom. The summed E-state index contributed by atoms with van der Waals surface area (Å²) in [5.74, 6) is 2.50. The van der Waals surface area contributed by atoms with Gasteiger partial charge >= 0.3 is 0 Å². The first kappa shape index (κ1) is 20.4. The van der Waals surface area contributed by atoms with Crippen molar-refractivity contribution in [1.29, 1.82) is 0 Å². The summed E-state index contributed by atoms with van der Waals surface area (Å²) in [4.78, 5) is 19.5. The standard InChI is InChI=1S/C20H29N5S2/c1-16-4-5-18(6-7-21-15-27-14-16)17(2)24-8-10-25(11-9-24)20-22-12-19(26-3)13-23-20/h4-6,12-13,15-17H,7-11,14H2,1-3H3/b5-4-,18-6+,21-15-. The Morgan fingerprint density at radius 3 is 2.63 bits per heavy atom. The number of rotatable bonds is 4. The van der Waals surface area contributed by atoms with Gasteiger partial charge in [-0.1, -0.05) is 25.2 Å². The molecule has 0 N–H and O–H groups in total. The lowest BCUT2D eigenvalue weighted by Gasteiger charge is -2.38. The first-order valence-corrected chi connectivity index (χ1v) is 11.8. The van der Waals surface area contributed by atoms with Crippen molar-refractivity contribution in [2.75, 3.05) is 49.6 Å². The highest BCUT2D eigenvalue weighted by atomic mass is 32.2. The molecule has 5 nitrogen and oxygen atoms in total. The van der Waals surface area contributed by atoms with Crippen LogP contribution < -0.4 is 4.90 Å². The summed E-state index contributed by atoms with van der Waals surface area (Å²) >= 11 is 3.47. The molecule has 0 amide bonds. The third-order valence-electron chi connectivity index (χ3n) is 5.04. The summed E-state index contributed by atoms with van der Waals surface area (Å²) in [6.07, 6.45) is 12.8. The van der Waals surface area contributed by atoms with Gasteiger partial charge in [0.05, 0.1) is 12.1 Å². The minimum Gasteiger partial charge on any atom is -0.338 e. The van der Waals surface area contributed by atoms with Gasteiger partial charge in [-0.2, -0.15) is 0 Å². The summed E-state index contributed by atoms with van der Waals surface area (Å²) in [5, 5.41) is 0. The molecular weight excluding hydrogens is 374 g/mol. The van der Waals surface area contributed by atoms with Crippen LogP contribution in [0.2, 0.25) is 0 Å². The number of piperazine rings is 1. The van der Waals surface area contributed by atoms with Gasteiger partial charge in [0.1, 0.15) is 0 Å². The Morgan fingerprint density at radius 1 is 1.19 bits per heavy atom. The molecule has 1 saturated heterocycles. The molecule has 0 radical (unpaired) electrons. The lowest BCUT2D eigenvalue weighted by Crippen LogP contribution is -2.50. The van der Waals surface area contributed by atoms with Crippen LogP contribution in [0, 0.1) is 5.92 Å². The summed E-state index contributed by atoms with van der Waals surface area (Å²) in [5.41, 5.74) is 3.37. The number of nitrogens with zero attached hydrogens (tertiary/aromatic N) is 5. The SMILES string of the molecule is CSc1cnc(N2CCN(C(C)C3=C/C/N=C\SCC(C)/C=C\3)CC2)nc1. The molecule has 27 heavy (non-hydrogen) atoms. The van der Waals surface area contributed by atoms with Crippen molar-refractivity contribution in [3.63, 3.8) is 0 Å². The largest absolute Gasteiger partial charge is 0.338 e. The van der Waals surface area contributed by atoms with Gasteiger partial charge in [0.25, 0.3) is 0 Å². The summed E-state index contributed by atoms with van der Waals surface area (Å²) in [6, 6.07) is 0.401. The normalized spacial score (nSPS) is 27.4. The van der Waals surface area contributed by atoms with Crippen molar-refractivity contribution < 1.29 is 0 Å². The van der Waals surface area contributed by atoms with E-state index in [1.807, 2.05) is 24.2 Å². The van der Waals surface area contributed by atoms with Gasteiger partial charge in [-0.15, -0.1) is 23.5 Å². The van der Waals surface area contributed by atoms with Crippen molar-refractivity contribution in [2.45, 2.75) is 24.8 Å². The van der Waals surface area contributed by atoms with Gasteiger partial charge < -0.3 is 4.90 Å². The zero-order chi connectivity index (χ0) is 19.1. The minimum absolute atomic E-state index is 0.401. The van der Waals surface area contributed by atoms with E-state index in [1.54, 1.807) is 23.5 Å². The maximum absolute atomic E-state index is 4.52. The molecule has 0 bridgehead atoms. The minimum atomic E-state index is 0.401. The molecule has 0 spiro atoms. The smallest absolute Gasteiger partial charge is 0.225 e. The molecule has 1 aromatic rings. The maximum Gasteiger partial charge on any atom is 0.225 e. The molecule has 1 fully saturated rings. The fraction of sp³-hybridized carbons (Fsp3) is 0.550. The molecule has 0 aromatic carbocycles. The second-order valence-corrected chi connectivity index (χ2v) is 8.72. The van der Waals surface area contributed by atoms with Crippen LogP contribution in [0.3, 0.4) is 0 Å². The molecule has 0 aliphatic carbocycles. The molecule has 0 saturated carbocycles. The Bertz CT molecular complexity index is 678. The van der Waals surface area contributed by atoms with Crippen LogP contribution >= 0.6 is 23.5 Å². The molecule has 3 heterocycles. The predicted octanol–water partition coefficient (Wildman–Crippen LogP) is 3.60. The fourth-order valence-corrected chi connectivity index (χ4v) is 4.26. The molecular formula is C20H29N5S2. The van der Waals surface area contributed by atoms with Crippen molar-refractivity contribution in [3.8, 4) is 0 Å². The molecule has 146 valence electrons. The Hall–Kier alpha value is -1.31. The second kappa shape index (κ2) is 10.3. The van der Waals surface area contributed by atoms with E-state index in [2.05, 4.69) is 56.8 Å². The molecule has 2 unspecified atom stereocenters. The van der Waals surface area contributed by atoms with Crippen LogP contribution in [-0.2, 0) is 0 Å². The zero-order valence-electron chi connectivity index (χ0n) is 16.4. The highest BCUT2D eigenvalue weighted by Gasteiger charge is 2.23. The van der Waals surface area contributed by atoms with Gasteiger partial charge in [0.2, 0.25) is 5.95 Å². The van der Waals surface area contributed by atoms with Crippen molar-refractivity contribution in [1.82, 2.24) is 14.9 Å². The number of hydrogen-bond donors (Lipinski definition) is 0. The number of anilines is 1. The first-order valence-electron chi connectivity index (χ1n) is 9.50. The lowest BCUT2D eigenvalue weighted by molar-refractivity contribution is 0.221. The first-order chi connectivity index (χ1) is 13.2. The van der Waals surface area contributed by atoms with E-state index in [-0.39, 0.29) is 0 Å². The predicted molar refractivity (Wildman–Crippen MR) is 119 cm³/mol. The van der Waals surface area contributed by atoms with Crippen LogP contribution in [-0.4, -0.2) is 71.2 Å². The van der Waals surface area contributed by atoms with Crippen LogP contribution in [0.15, 0.2) is 46.1 Å². The number of aliphatic imine (C=N–C) groups is 1. The number of hydrogen-bond acceptors (Lipinski definition) is 7. The monoisotopic (exact) mass is 403 g/mol. The van der Waals surface area contributed by atoms with E-state index in [0.29, 0.717) is 12.0 Å². The van der Waals surface area contributed by atoms with Crippen LogP contribution in [0.4, 0.5) is 5.95 Å². The van der Waals surface area contributed by atoms with Gasteiger partial charge in [0, 0.05) is 55.3 Å². The Kier molecular flexibility index (Phi) is 7.79. The van der Waals surface area contributed by atoms with Crippen molar-refractivity contribution >= 4 is 35.0 Å². The van der Waals surface area contributed by atoms with Crippen molar-refractivity contribution in [3.05, 3.63) is 36.2 Å². The Labute approximate surface area is 171 Å². The lowest BCUT2D eigenvalue weighted by atomic mass is 10.0. The van der Waals surface area contributed by atoms with Crippen LogP contribution in [0.5, 0.6) is 0 Å². The maximum atomic E-state index is 4.52. The number of thioether (sulfide) groups is 2. The fourth-order valence-electron chi connectivity index (χ4n) is 3.26. The molecule has 2 aliphatic rings. The molecule has 7 heteroatoms.